The first-order valence-electron chi connectivity index (χ1n) is 4.77. The maximum absolute atomic E-state index is 12.9. The molecule has 0 radical (unpaired) electrons. The van der Waals surface area contributed by atoms with Crippen LogP contribution < -0.4 is 0 Å². The molecular weight excluding hydrogens is 367 g/mol. The molecule has 0 aliphatic rings. The lowest BCUT2D eigenvalue weighted by molar-refractivity contribution is -0.504. The molecule has 0 fully saturated rings. The van der Waals surface area contributed by atoms with Gasteiger partial charge >= 0.3 is 33.7 Å². The van der Waals surface area contributed by atoms with Gasteiger partial charge in [-0.2, -0.15) is 43.5 Å². The van der Waals surface area contributed by atoms with Crippen LogP contribution in [0.3, 0.4) is 0 Å². The fraction of sp³-hybridized carbons (Fsp3) is 1.00. The van der Waals surface area contributed by atoms with E-state index in [0.717, 1.165) is 0 Å². The van der Waals surface area contributed by atoms with Crippen molar-refractivity contribution >= 4 is 10.1 Å². The fourth-order valence-corrected chi connectivity index (χ4v) is 1.34. The standard InChI is InChI=1S/C7H7F9O5S/c1-3(8)20-4(9,10)5(11,12)21-6(13,14)7(15,16)22(17,18)19-2/h3H,1-2H3. The van der Waals surface area contributed by atoms with Crippen molar-refractivity contribution in [2.75, 3.05) is 7.11 Å². The summed E-state index contributed by atoms with van der Waals surface area (Å²) in [5, 5.41) is -6.46. The molecule has 0 aliphatic heterocycles. The van der Waals surface area contributed by atoms with Gasteiger partial charge in [-0.3, -0.25) is 8.92 Å². The lowest BCUT2D eigenvalue weighted by Crippen LogP contribution is -2.57. The minimum atomic E-state index is -6.67. The van der Waals surface area contributed by atoms with Gasteiger partial charge in [0, 0.05) is 0 Å². The molecule has 0 aliphatic carbocycles. The van der Waals surface area contributed by atoms with Crippen molar-refractivity contribution in [2.45, 2.75) is 36.9 Å². The van der Waals surface area contributed by atoms with Crippen LogP contribution in [0.25, 0.3) is 0 Å². The highest BCUT2D eigenvalue weighted by atomic mass is 32.2. The minimum Gasteiger partial charge on any atom is -0.279 e. The van der Waals surface area contributed by atoms with Gasteiger partial charge in [0.05, 0.1) is 7.11 Å². The zero-order valence-corrected chi connectivity index (χ0v) is 11.2. The molecule has 0 saturated heterocycles. The molecule has 0 heterocycles. The van der Waals surface area contributed by atoms with Crippen molar-refractivity contribution < 1.29 is 61.6 Å². The first kappa shape index (κ1) is 21.2. The number of halogens is 9. The Balaban J connectivity index is 5.61. The van der Waals surface area contributed by atoms with Crippen molar-refractivity contribution in [2.24, 2.45) is 0 Å². The normalized spacial score (nSPS) is 16.7. The van der Waals surface area contributed by atoms with E-state index in [2.05, 4.69) is 8.92 Å². The van der Waals surface area contributed by atoms with Crippen LogP contribution in [0.1, 0.15) is 6.92 Å². The van der Waals surface area contributed by atoms with Crippen molar-refractivity contribution in [3.63, 3.8) is 0 Å². The molecule has 0 aromatic heterocycles. The number of alkyl halides is 9. The molecule has 0 saturated carbocycles. The molecule has 0 N–H and O–H groups in total. The summed E-state index contributed by atoms with van der Waals surface area (Å²) in [5.74, 6) is 0. The van der Waals surface area contributed by atoms with Gasteiger partial charge < -0.3 is 0 Å². The molecule has 5 nitrogen and oxygen atoms in total. The number of hydrogen-bond donors (Lipinski definition) is 0. The van der Waals surface area contributed by atoms with Crippen LogP contribution in [0.4, 0.5) is 39.5 Å². The second-order valence-corrected chi connectivity index (χ2v) is 5.21. The zero-order valence-electron chi connectivity index (χ0n) is 10.4. The predicted molar refractivity (Wildman–Crippen MR) is 48.5 cm³/mol. The van der Waals surface area contributed by atoms with Crippen molar-refractivity contribution in [1.29, 1.82) is 0 Å². The van der Waals surface area contributed by atoms with E-state index in [-0.39, 0.29) is 14.0 Å². The van der Waals surface area contributed by atoms with Crippen LogP contribution in [0.5, 0.6) is 0 Å². The summed E-state index contributed by atoms with van der Waals surface area (Å²) < 4.78 is 143. The van der Waals surface area contributed by atoms with Gasteiger partial charge in [0.1, 0.15) is 0 Å². The second-order valence-electron chi connectivity index (χ2n) is 3.45. The van der Waals surface area contributed by atoms with E-state index in [1.165, 1.54) is 0 Å². The Morgan fingerprint density at radius 1 is 0.864 bits per heavy atom. The first-order valence-corrected chi connectivity index (χ1v) is 6.18. The van der Waals surface area contributed by atoms with Crippen LogP contribution in [-0.2, 0) is 23.8 Å². The molecular formula is C7H7F9O5S. The van der Waals surface area contributed by atoms with Crippen LogP contribution in [-0.4, -0.2) is 45.5 Å². The van der Waals surface area contributed by atoms with Gasteiger partial charge in [0.25, 0.3) is 0 Å². The van der Waals surface area contributed by atoms with E-state index in [4.69, 9.17) is 0 Å². The molecule has 22 heavy (non-hydrogen) atoms. The molecule has 134 valence electrons. The van der Waals surface area contributed by atoms with Crippen molar-refractivity contribution in [3.8, 4) is 0 Å². The minimum absolute atomic E-state index is 0.0278. The summed E-state index contributed by atoms with van der Waals surface area (Å²) in [7, 11) is -6.53. The van der Waals surface area contributed by atoms with Crippen LogP contribution in [0.2, 0.25) is 0 Å². The Morgan fingerprint density at radius 3 is 1.59 bits per heavy atom. The fourth-order valence-electron chi connectivity index (χ4n) is 0.803. The Morgan fingerprint density at radius 2 is 1.27 bits per heavy atom. The summed E-state index contributed by atoms with van der Waals surface area (Å²) in [4.78, 5) is 0. The number of ether oxygens (including phenoxy) is 2. The third-order valence-electron chi connectivity index (χ3n) is 1.78. The maximum Gasteiger partial charge on any atom is 0.460 e. The first-order chi connectivity index (χ1) is 9.43. The zero-order chi connectivity index (χ0) is 18.2. The average Bonchev–Trinajstić information content (AvgIpc) is 2.24. The van der Waals surface area contributed by atoms with E-state index < -0.39 is 40.1 Å². The van der Waals surface area contributed by atoms with Gasteiger partial charge in [-0.05, 0) is 6.92 Å². The van der Waals surface area contributed by atoms with E-state index in [1.807, 2.05) is 4.74 Å². The lowest BCUT2D eigenvalue weighted by atomic mass is 10.5. The Hall–Kier alpha value is -0.800. The van der Waals surface area contributed by atoms with Crippen molar-refractivity contribution in [1.82, 2.24) is 0 Å². The Bertz CT molecular complexity index is 489. The second kappa shape index (κ2) is 6.01. The molecule has 0 spiro atoms. The monoisotopic (exact) mass is 374 g/mol. The molecule has 0 bridgehead atoms. The van der Waals surface area contributed by atoms with Crippen LogP contribution in [0, 0.1) is 0 Å². The predicted octanol–water partition coefficient (Wildman–Crippen LogP) is 2.68. The summed E-state index contributed by atoms with van der Waals surface area (Å²) in [6.07, 6.45) is -22.4. The largest absolute Gasteiger partial charge is 0.460 e. The summed E-state index contributed by atoms with van der Waals surface area (Å²) in [5.41, 5.74) is 0. The van der Waals surface area contributed by atoms with Crippen LogP contribution >= 0.6 is 0 Å². The molecule has 0 rings (SSSR count). The molecule has 0 aromatic rings. The highest BCUT2D eigenvalue weighted by Crippen LogP contribution is 2.47. The van der Waals surface area contributed by atoms with E-state index in [9.17, 15) is 47.9 Å². The molecule has 0 aromatic carbocycles. The Labute approximate surface area is 117 Å². The highest BCUT2D eigenvalue weighted by molar-refractivity contribution is 7.87. The third-order valence-corrected chi connectivity index (χ3v) is 3.08. The molecule has 1 atom stereocenters. The van der Waals surface area contributed by atoms with E-state index in [0.29, 0.717) is 0 Å². The molecule has 0 amide bonds. The summed E-state index contributed by atoms with van der Waals surface area (Å²) in [6, 6.07) is 0. The molecule has 1 unspecified atom stereocenters. The highest BCUT2D eigenvalue weighted by Gasteiger charge is 2.75. The summed E-state index contributed by atoms with van der Waals surface area (Å²) >= 11 is 0. The smallest absolute Gasteiger partial charge is 0.279 e. The molecule has 15 heteroatoms. The summed E-state index contributed by atoms with van der Waals surface area (Å²) in [6.45, 7) is 0.145. The van der Waals surface area contributed by atoms with Crippen molar-refractivity contribution in [3.05, 3.63) is 0 Å². The number of rotatable bonds is 8. The maximum atomic E-state index is 12.9. The van der Waals surface area contributed by atoms with Gasteiger partial charge in [-0.15, -0.1) is 0 Å². The topological polar surface area (TPSA) is 61.8 Å². The van der Waals surface area contributed by atoms with Crippen LogP contribution in [0.15, 0.2) is 0 Å². The van der Waals surface area contributed by atoms with E-state index >= 15 is 0 Å². The Kier molecular flexibility index (Phi) is 5.79. The number of hydrogen-bond acceptors (Lipinski definition) is 5. The van der Waals surface area contributed by atoms with E-state index in [1.54, 1.807) is 0 Å². The van der Waals surface area contributed by atoms with Gasteiger partial charge in [0.15, 0.2) is 0 Å². The SMILES string of the molecule is COS(=O)(=O)C(F)(F)C(F)(F)OC(F)(F)C(F)(F)OC(C)F. The average molecular weight is 374 g/mol. The van der Waals surface area contributed by atoms with Gasteiger partial charge in [0.2, 0.25) is 6.36 Å². The quantitative estimate of drug-likeness (QED) is 0.483. The third kappa shape index (κ3) is 3.94. The van der Waals surface area contributed by atoms with Gasteiger partial charge in [-0.25, -0.2) is 9.13 Å². The van der Waals surface area contributed by atoms with Gasteiger partial charge in [-0.1, -0.05) is 0 Å². The lowest BCUT2D eigenvalue weighted by Gasteiger charge is -2.31.